The van der Waals surface area contributed by atoms with Crippen LogP contribution in [-0.2, 0) is 24.1 Å². The predicted octanol–water partition coefficient (Wildman–Crippen LogP) is 0.0849. The molecule has 0 spiro atoms. The van der Waals surface area contributed by atoms with Gasteiger partial charge in [0.15, 0.2) is 0 Å². The molecule has 0 bridgehead atoms. The minimum Gasteiger partial charge on any atom is -0.457 e. The molecule has 1 N–H and O–H groups in total. The minimum atomic E-state index is -1.92. The van der Waals surface area contributed by atoms with Crippen LogP contribution in [0.5, 0.6) is 0 Å². The molecule has 6 nitrogen and oxygen atoms in total. The first-order valence-electron chi connectivity index (χ1n) is 3.95. The highest BCUT2D eigenvalue weighted by Gasteiger charge is 2.26. The van der Waals surface area contributed by atoms with Crippen molar-refractivity contribution in [2.75, 3.05) is 6.61 Å². The lowest BCUT2D eigenvalue weighted by atomic mass is 10.4. The maximum atomic E-state index is 10.6. The second kappa shape index (κ2) is 5.94. The Morgan fingerprint density at radius 2 is 1.87 bits per heavy atom. The number of ether oxygens (including phenoxy) is 1. The van der Waals surface area contributed by atoms with Crippen LogP contribution >= 0.6 is 0 Å². The number of hydrogen-bond donors (Lipinski definition) is 1. The molecule has 0 amide bonds. The van der Waals surface area contributed by atoms with Crippen LogP contribution in [0.4, 0.5) is 0 Å². The van der Waals surface area contributed by atoms with Gasteiger partial charge in [0.25, 0.3) is 0 Å². The third-order valence-corrected chi connectivity index (χ3v) is 1.12. The van der Waals surface area contributed by atoms with Crippen LogP contribution in [0.25, 0.3) is 0 Å². The van der Waals surface area contributed by atoms with Crippen molar-refractivity contribution in [1.29, 1.82) is 0 Å². The molecule has 0 heterocycles. The fourth-order valence-electron chi connectivity index (χ4n) is 0.453. The molecular formula is C9H12O6. The standard InChI is InChI=1S/C9H12O6/c1-4-7(10)13-6-9(3,12)15-14-8(11)5-2/h4-5,12H,1-2,6H2,3H3. The molecule has 15 heavy (non-hydrogen) atoms. The summed E-state index contributed by atoms with van der Waals surface area (Å²) in [6, 6.07) is 0. The molecule has 0 fully saturated rings. The first-order chi connectivity index (χ1) is 6.91. The van der Waals surface area contributed by atoms with Gasteiger partial charge in [0.2, 0.25) is 5.79 Å². The summed E-state index contributed by atoms with van der Waals surface area (Å²) in [5.41, 5.74) is 0. The summed E-state index contributed by atoms with van der Waals surface area (Å²) in [6.45, 7) is 6.92. The Labute approximate surface area is 86.7 Å². The Morgan fingerprint density at radius 3 is 2.33 bits per heavy atom. The van der Waals surface area contributed by atoms with Crippen LogP contribution < -0.4 is 0 Å². The van der Waals surface area contributed by atoms with Crippen LogP contribution in [0.1, 0.15) is 6.92 Å². The van der Waals surface area contributed by atoms with Crippen molar-refractivity contribution < 1.29 is 29.2 Å². The Hall–Kier alpha value is -1.66. The van der Waals surface area contributed by atoms with E-state index in [1.54, 1.807) is 0 Å². The molecule has 84 valence electrons. The van der Waals surface area contributed by atoms with Crippen molar-refractivity contribution in [3.63, 3.8) is 0 Å². The lowest BCUT2D eigenvalue weighted by Crippen LogP contribution is -2.35. The SMILES string of the molecule is C=CC(=O)OCC(C)(O)OOC(=O)C=C. The van der Waals surface area contributed by atoms with Gasteiger partial charge in [-0.25, -0.2) is 9.59 Å². The molecule has 0 radical (unpaired) electrons. The Balaban J connectivity index is 3.95. The summed E-state index contributed by atoms with van der Waals surface area (Å²) >= 11 is 0. The van der Waals surface area contributed by atoms with Gasteiger partial charge < -0.3 is 9.84 Å². The Bertz CT molecular complexity index is 242. The molecule has 0 rings (SSSR count). The molecule has 0 aromatic carbocycles. The largest absolute Gasteiger partial charge is 0.457 e. The van der Waals surface area contributed by atoms with E-state index in [1.807, 2.05) is 0 Å². The first-order valence-corrected chi connectivity index (χ1v) is 3.95. The van der Waals surface area contributed by atoms with E-state index in [-0.39, 0.29) is 0 Å². The third-order valence-electron chi connectivity index (χ3n) is 1.12. The van der Waals surface area contributed by atoms with E-state index in [2.05, 4.69) is 27.7 Å². The van der Waals surface area contributed by atoms with Crippen LogP contribution in [-0.4, -0.2) is 29.4 Å². The zero-order chi connectivity index (χ0) is 11.9. The normalized spacial score (nSPS) is 13.5. The highest BCUT2D eigenvalue weighted by molar-refractivity contribution is 5.81. The fourth-order valence-corrected chi connectivity index (χ4v) is 0.453. The molecule has 0 saturated carbocycles. The number of carbonyl (C=O) groups excluding carboxylic acids is 2. The lowest BCUT2D eigenvalue weighted by Gasteiger charge is -2.19. The number of esters is 1. The maximum absolute atomic E-state index is 10.6. The summed E-state index contributed by atoms with van der Waals surface area (Å²) in [5.74, 6) is -3.52. The zero-order valence-corrected chi connectivity index (χ0v) is 8.26. The van der Waals surface area contributed by atoms with Crippen LogP contribution in [0.15, 0.2) is 25.3 Å². The highest BCUT2D eigenvalue weighted by atomic mass is 17.2. The smallest absolute Gasteiger partial charge is 0.365 e. The molecule has 0 saturated heterocycles. The second-order valence-corrected chi connectivity index (χ2v) is 2.68. The molecule has 0 aromatic heterocycles. The van der Waals surface area contributed by atoms with E-state index < -0.39 is 24.3 Å². The van der Waals surface area contributed by atoms with E-state index in [9.17, 15) is 14.7 Å². The molecule has 0 aliphatic heterocycles. The van der Waals surface area contributed by atoms with E-state index in [1.165, 1.54) is 0 Å². The van der Waals surface area contributed by atoms with Crippen molar-refractivity contribution >= 4 is 11.9 Å². The van der Waals surface area contributed by atoms with Crippen LogP contribution in [0.3, 0.4) is 0 Å². The second-order valence-electron chi connectivity index (χ2n) is 2.68. The molecular weight excluding hydrogens is 204 g/mol. The number of carbonyl (C=O) groups is 2. The van der Waals surface area contributed by atoms with Gasteiger partial charge >= 0.3 is 11.9 Å². The van der Waals surface area contributed by atoms with Gasteiger partial charge in [-0.05, 0) is 6.92 Å². The summed E-state index contributed by atoms with van der Waals surface area (Å²) < 4.78 is 4.47. The first kappa shape index (κ1) is 13.3. The highest BCUT2D eigenvalue weighted by Crippen LogP contribution is 2.07. The van der Waals surface area contributed by atoms with Gasteiger partial charge in [-0.1, -0.05) is 13.2 Å². The molecule has 6 heteroatoms. The summed E-state index contributed by atoms with van der Waals surface area (Å²) in [5, 5.41) is 9.36. The van der Waals surface area contributed by atoms with Crippen LogP contribution in [0, 0.1) is 0 Å². The van der Waals surface area contributed by atoms with Crippen molar-refractivity contribution in [2.24, 2.45) is 0 Å². The number of hydrogen-bond acceptors (Lipinski definition) is 6. The monoisotopic (exact) mass is 216 g/mol. The van der Waals surface area contributed by atoms with Gasteiger partial charge in [0, 0.05) is 12.2 Å². The van der Waals surface area contributed by atoms with E-state index in [4.69, 9.17) is 0 Å². The summed E-state index contributed by atoms with van der Waals surface area (Å²) in [4.78, 5) is 29.6. The Morgan fingerprint density at radius 1 is 1.33 bits per heavy atom. The quantitative estimate of drug-likeness (QED) is 0.223. The van der Waals surface area contributed by atoms with Gasteiger partial charge in [-0.2, -0.15) is 0 Å². The van der Waals surface area contributed by atoms with E-state index in [0.717, 1.165) is 19.1 Å². The summed E-state index contributed by atoms with van der Waals surface area (Å²) in [7, 11) is 0. The molecule has 0 aliphatic carbocycles. The fraction of sp³-hybridized carbons (Fsp3) is 0.333. The van der Waals surface area contributed by atoms with Crippen molar-refractivity contribution in [3.05, 3.63) is 25.3 Å². The lowest BCUT2D eigenvalue weighted by molar-refractivity contribution is -0.391. The molecule has 0 aliphatic rings. The minimum absolute atomic E-state index is 0.498. The molecule has 1 unspecified atom stereocenters. The predicted molar refractivity (Wildman–Crippen MR) is 49.2 cm³/mol. The maximum Gasteiger partial charge on any atom is 0.365 e. The number of aliphatic hydroxyl groups is 1. The average molecular weight is 216 g/mol. The topological polar surface area (TPSA) is 82.1 Å². The molecule has 0 aromatic rings. The summed E-state index contributed by atoms with van der Waals surface area (Å²) in [6.07, 6.45) is 1.78. The van der Waals surface area contributed by atoms with Gasteiger partial charge in [0.05, 0.1) is 0 Å². The van der Waals surface area contributed by atoms with E-state index >= 15 is 0 Å². The van der Waals surface area contributed by atoms with Crippen molar-refractivity contribution in [3.8, 4) is 0 Å². The van der Waals surface area contributed by atoms with Crippen molar-refractivity contribution in [2.45, 2.75) is 12.7 Å². The van der Waals surface area contributed by atoms with Crippen LogP contribution in [0.2, 0.25) is 0 Å². The van der Waals surface area contributed by atoms with Gasteiger partial charge in [-0.15, -0.1) is 4.89 Å². The average Bonchev–Trinajstić information content (AvgIpc) is 2.22. The third kappa shape index (κ3) is 6.42. The molecule has 1 atom stereocenters. The van der Waals surface area contributed by atoms with Gasteiger partial charge in [0.1, 0.15) is 6.61 Å². The zero-order valence-electron chi connectivity index (χ0n) is 8.26. The Kier molecular flexibility index (Phi) is 5.29. The number of rotatable bonds is 6. The van der Waals surface area contributed by atoms with Crippen molar-refractivity contribution in [1.82, 2.24) is 0 Å². The van der Waals surface area contributed by atoms with Gasteiger partial charge in [-0.3, -0.25) is 4.89 Å². The van der Waals surface area contributed by atoms with E-state index in [0.29, 0.717) is 0 Å².